The molecule has 1 unspecified atom stereocenters. The second-order valence-corrected chi connectivity index (χ2v) is 7.31. The maximum Gasteiger partial charge on any atom is 0.396 e. The smallest absolute Gasteiger partial charge is 0.396 e. The van der Waals surface area contributed by atoms with E-state index in [1.54, 1.807) is 24.5 Å². The predicted molar refractivity (Wildman–Crippen MR) is 118 cm³/mol. The van der Waals surface area contributed by atoms with E-state index in [1.807, 2.05) is 25.1 Å². The fraction of sp³-hybridized carbons (Fsp3) is 0.348. The molecule has 2 atom stereocenters. The standard InChI is InChI=1S/C23H25F3N4O2/c1-15-3-4-16(11-28-15)12-30-21(10-27)20-8-7-19(9-22(20)31-2)32-14-18-6-5-17(13-29-18)23(24,25)26/h3-4,6-9,11-13,17,21H,5,10,14,27H2,1-2H3/t17?,21-/m1/s1. The molecule has 32 heavy (non-hydrogen) atoms. The first-order valence-electron chi connectivity index (χ1n) is 10.1. The van der Waals surface area contributed by atoms with Gasteiger partial charge in [0.05, 0.1) is 24.8 Å². The first-order chi connectivity index (χ1) is 15.3. The Balaban J connectivity index is 1.66. The lowest BCUT2D eigenvalue weighted by Crippen LogP contribution is -2.25. The van der Waals surface area contributed by atoms with Gasteiger partial charge in [0.2, 0.25) is 0 Å². The van der Waals surface area contributed by atoms with E-state index < -0.39 is 12.1 Å². The van der Waals surface area contributed by atoms with Gasteiger partial charge in [-0.1, -0.05) is 12.1 Å². The van der Waals surface area contributed by atoms with Gasteiger partial charge in [-0.3, -0.25) is 15.0 Å². The number of allylic oxidation sites excluding steroid dienone is 1. The van der Waals surface area contributed by atoms with E-state index in [-0.39, 0.29) is 25.6 Å². The lowest BCUT2D eigenvalue weighted by atomic mass is 10.0. The average molecular weight is 446 g/mol. The van der Waals surface area contributed by atoms with E-state index in [0.29, 0.717) is 17.2 Å². The third kappa shape index (κ3) is 6.16. The number of hydrogen-bond donors (Lipinski definition) is 1. The molecule has 1 aromatic heterocycles. The number of hydrogen-bond acceptors (Lipinski definition) is 6. The summed E-state index contributed by atoms with van der Waals surface area (Å²) in [4.78, 5) is 12.7. The van der Waals surface area contributed by atoms with Crippen molar-refractivity contribution in [2.45, 2.75) is 25.6 Å². The Kier molecular flexibility index (Phi) is 7.63. The maximum atomic E-state index is 12.7. The van der Waals surface area contributed by atoms with Gasteiger partial charge in [-0.25, -0.2) is 0 Å². The fourth-order valence-corrected chi connectivity index (χ4v) is 3.09. The summed E-state index contributed by atoms with van der Waals surface area (Å²) in [5.74, 6) is -0.493. The second kappa shape index (κ2) is 10.4. The molecule has 170 valence electrons. The molecule has 0 aliphatic carbocycles. The molecule has 2 N–H and O–H groups in total. The molecular weight excluding hydrogens is 421 g/mol. The molecule has 0 amide bonds. The zero-order chi connectivity index (χ0) is 23.1. The van der Waals surface area contributed by atoms with Gasteiger partial charge in [0, 0.05) is 48.1 Å². The molecule has 0 radical (unpaired) electrons. The number of rotatable bonds is 8. The van der Waals surface area contributed by atoms with Crippen molar-refractivity contribution in [3.05, 3.63) is 65.1 Å². The van der Waals surface area contributed by atoms with Gasteiger partial charge in [-0.2, -0.15) is 13.2 Å². The van der Waals surface area contributed by atoms with Gasteiger partial charge in [0.25, 0.3) is 0 Å². The van der Waals surface area contributed by atoms with Crippen LogP contribution in [0.15, 0.2) is 58.3 Å². The number of ether oxygens (including phenoxy) is 2. The minimum absolute atomic E-state index is 0.0580. The Hall–Kier alpha value is -3.20. The summed E-state index contributed by atoms with van der Waals surface area (Å²) in [7, 11) is 1.54. The minimum atomic E-state index is -4.28. The first-order valence-corrected chi connectivity index (χ1v) is 10.1. The number of aliphatic imine (C=N–C) groups is 2. The van der Waals surface area contributed by atoms with Crippen molar-refractivity contribution in [2.24, 2.45) is 21.6 Å². The van der Waals surface area contributed by atoms with Crippen LogP contribution in [-0.4, -0.2) is 43.9 Å². The zero-order valence-corrected chi connectivity index (χ0v) is 17.8. The Morgan fingerprint density at radius 3 is 2.69 bits per heavy atom. The Bertz CT molecular complexity index is 1000. The summed E-state index contributed by atoms with van der Waals surface area (Å²) in [6.45, 7) is 2.24. The van der Waals surface area contributed by atoms with Crippen LogP contribution in [-0.2, 0) is 0 Å². The van der Waals surface area contributed by atoms with Crippen LogP contribution in [0.3, 0.4) is 0 Å². The molecule has 0 spiro atoms. The number of nitrogens with two attached hydrogens (primary N) is 1. The first kappa shape index (κ1) is 23.5. The van der Waals surface area contributed by atoms with E-state index >= 15 is 0 Å². The van der Waals surface area contributed by atoms with Crippen molar-refractivity contribution in [1.82, 2.24) is 4.98 Å². The third-order valence-electron chi connectivity index (χ3n) is 4.96. The number of methoxy groups -OCH3 is 1. The molecule has 0 saturated carbocycles. The molecule has 0 saturated heterocycles. The maximum absolute atomic E-state index is 12.7. The number of nitrogens with zero attached hydrogens (tertiary/aromatic N) is 3. The van der Waals surface area contributed by atoms with E-state index in [1.165, 1.54) is 13.2 Å². The van der Waals surface area contributed by atoms with Crippen LogP contribution in [0.4, 0.5) is 13.2 Å². The van der Waals surface area contributed by atoms with Crippen LogP contribution in [0.2, 0.25) is 0 Å². The lowest BCUT2D eigenvalue weighted by molar-refractivity contribution is -0.153. The fourth-order valence-electron chi connectivity index (χ4n) is 3.09. The predicted octanol–water partition coefficient (Wildman–Crippen LogP) is 4.43. The van der Waals surface area contributed by atoms with E-state index in [2.05, 4.69) is 15.0 Å². The Morgan fingerprint density at radius 1 is 1.28 bits per heavy atom. The van der Waals surface area contributed by atoms with Crippen molar-refractivity contribution in [1.29, 1.82) is 0 Å². The molecule has 1 aliphatic rings. The molecule has 0 bridgehead atoms. The van der Waals surface area contributed by atoms with Gasteiger partial charge in [0.1, 0.15) is 18.1 Å². The summed E-state index contributed by atoms with van der Waals surface area (Å²) in [6.07, 6.45) is 1.41. The topological polar surface area (TPSA) is 82.1 Å². The SMILES string of the molecule is COc1cc(OCC2=CCC(C(F)(F)F)C=N2)ccc1[C@@H](CN)N=Cc1ccc(C)nc1. The van der Waals surface area contributed by atoms with Crippen LogP contribution in [0.5, 0.6) is 11.5 Å². The number of alkyl halides is 3. The number of halogens is 3. The van der Waals surface area contributed by atoms with E-state index in [4.69, 9.17) is 15.2 Å². The van der Waals surface area contributed by atoms with Gasteiger partial charge in [-0.05, 0) is 31.5 Å². The normalized spacial score (nSPS) is 17.3. The monoisotopic (exact) mass is 446 g/mol. The summed E-state index contributed by atoms with van der Waals surface area (Å²) in [5.41, 5.74) is 8.96. The molecule has 1 aliphatic heterocycles. The highest BCUT2D eigenvalue weighted by Crippen LogP contribution is 2.32. The summed E-state index contributed by atoms with van der Waals surface area (Å²) < 4.78 is 49.3. The summed E-state index contributed by atoms with van der Waals surface area (Å²) in [6, 6.07) is 8.76. The molecule has 2 heterocycles. The van der Waals surface area contributed by atoms with Crippen LogP contribution < -0.4 is 15.2 Å². The van der Waals surface area contributed by atoms with Gasteiger partial charge < -0.3 is 15.2 Å². The van der Waals surface area contributed by atoms with Crippen molar-refractivity contribution < 1.29 is 22.6 Å². The molecule has 1 aromatic carbocycles. The van der Waals surface area contributed by atoms with Crippen molar-refractivity contribution >= 4 is 12.4 Å². The number of aromatic nitrogens is 1. The third-order valence-corrected chi connectivity index (χ3v) is 4.96. The molecule has 2 aromatic rings. The summed E-state index contributed by atoms with van der Waals surface area (Å²) in [5, 5.41) is 0. The van der Waals surface area contributed by atoms with E-state index in [9.17, 15) is 13.2 Å². The highest BCUT2D eigenvalue weighted by Gasteiger charge is 2.38. The van der Waals surface area contributed by atoms with Gasteiger partial charge >= 0.3 is 6.18 Å². The van der Waals surface area contributed by atoms with Gasteiger partial charge in [-0.15, -0.1) is 0 Å². The molecule has 0 fully saturated rings. The zero-order valence-electron chi connectivity index (χ0n) is 17.8. The minimum Gasteiger partial charge on any atom is -0.496 e. The Labute approximate surface area is 184 Å². The van der Waals surface area contributed by atoms with Crippen LogP contribution in [0, 0.1) is 12.8 Å². The van der Waals surface area contributed by atoms with Crippen LogP contribution >= 0.6 is 0 Å². The molecule has 6 nitrogen and oxygen atoms in total. The quantitative estimate of drug-likeness (QED) is 0.608. The molecular formula is C23H25F3N4O2. The van der Waals surface area contributed by atoms with Crippen LogP contribution in [0.25, 0.3) is 0 Å². The Morgan fingerprint density at radius 2 is 2.09 bits per heavy atom. The number of aryl methyl sites for hydroxylation is 1. The van der Waals surface area contributed by atoms with Crippen molar-refractivity contribution in [3.63, 3.8) is 0 Å². The molecule has 9 heteroatoms. The highest BCUT2D eigenvalue weighted by molar-refractivity contribution is 5.79. The number of benzene rings is 1. The average Bonchev–Trinajstić information content (AvgIpc) is 2.79. The highest BCUT2D eigenvalue weighted by atomic mass is 19.4. The van der Waals surface area contributed by atoms with Crippen molar-refractivity contribution in [3.8, 4) is 11.5 Å². The van der Waals surface area contributed by atoms with E-state index in [0.717, 1.165) is 23.0 Å². The second-order valence-electron chi connectivity index (χ2n) is 7.31. The van der Waals surface area contributed by atoms with Gasteiger partial charge in [0.15, 0.2) is 0 Å². The molecule has 3 rings (SSSR count). The number of pyridine rings is 1. The van der Waals surface area contributed by atoms with Crippen molar-refractivity contribution in [2.75, 3.05) is 20.3 Å². The summed E-state index contributed by atoms with van der Waals surface area (Å²) >= 11 is 0. The lowest BCUT2D eigenvalue weighted by Gasteiger charge is -2.19. The van der Waals surface area contributed by atoms with Crippen LogP contribution in [0.1, 0.15) is 29.3 Å². The largest absolute Gasteiger partial charge is 0.496 e.